The summed E-state index contributed by atoms with van der Waals surface area (Å²) in [6.45, 7) is 4.50. The molecule has 1 aromatic rings. The molecule has 1 aliphatic heterocycles. The molecule has 0 radical (unpaired) electrons. The monoisotopic (exact) mass is 258 g/mol. The molecule has 1 aromatic heterocycles. The van der Waals surface area contributed by atoms with Gasteiger partial charge in [0.05, 0.1) is 23.0 Å². The minimum absolute atomic E-state index is 0.0386. The van der Waals surface area contributed by atoms with Gasteiger partial charge in [-0.1, -0.05) is 11.6 Å². The highest BCUT2D eigenvalue weighted by molar-refractivity contribution is 6.31. The summed E-state index contributed by atoms with van der Waals surface area (Å²) in [4.78, 5) is 0. The van der Waals surface area contributed by atoms with Gasteiger partial charge in [0.2, 0.25) is 0 Å². The maximum atomic E-state index is 6.17. The highest BCUT2D eigenvalue weighted by atomic mass is 35.5. The predicted octanol–water partition coefficient (Wildman–Crippen LogP) is 1.49. The Hall–Kier alpha value is -0.620. The lowest BCUT2D eigenvalue weighted by atomic mass is 9.97. The van der Waals surface area contributed by atoms with Gasteiger partial charge in [-0.2, -0.15) is 5.10 Å². The Labute approximate surface area is 106 Å². The molecule has 1 saturated heterocycles. The Bertz CT molecular complexity index is 362. The van der Waals surface area contributed by atoms with Gasteiger partial charge in [-0.3, -0.25) is 16.0 Å². The van der Waals surface area contributed by atoms with Crippen molar-refractivity contribution in [2.45, 2.75) is 32.4 Å². The molecular weight excluding hydrogens is 240 g/mol. The second-order valence-corrected chi connectivity index (χ2v) is 4.79. The molecule has 6 heteroatoms. The number of hydrogen-bond acceptors (Lipinski definition) is 4. The van der Waals surface area contributed by atoms with Crippen LogP contribution in [0, 0.1) is 5.92 Å². The van der Waals surface area contributed by atoms with E-state index >= 15 is 0 Å². The Morgan fingerprint density at radius 2 is 2.59 bits per heavy atom. The largest absolute Gasteiger partial charge is 0.381 e. The van der Waals surface area contributed by atoms with E-state index in [0.29, 0.717) is 10.9 Å². The van der Waals surface area contributed by atoms with Gasteiger partial charge >= 0.3 is 0 Å². The quantitative estimate of drug-likeness (QED) is 0.620. The standard InChI is InChI=1S/C11H19ClN4O/c1-2-16-11(9(12)6-14-16)10(15-13)5-8-3-4-17-7-8/h6,8,10,15H,2-5,7,13H2,1H3. The van der Waals surface area contributed by atoms with Crippen molar-refractivity contribution in [2.24, 2.45) is 11.8 Å². The van der Waals surface area contributed by atoms with Gasteiger partial charge < -0.3 is 4.74 Å². The minimum atomic E-state index is 0.0386. The Morgan fingerprint density at radius 3 is 3.18 bits per heavy atom. The van der Waals surface area contributed by atoms with Crippen molar-refractivity contribution in [1.29, 1.82) is 0 Å². The molecule has 0 aromatic carbocycles. The van der Waals surface area contributed by atoms with Gasteiger partial charge in [0, 0.05) is 19.8 Å². The van der Waals surface area contributed by atoms with Gasteiger partial charge in [0.25, 0.3) is 0 Å². The lowest BCUT2D eigenvalue weighted by Gasteiger charge is -2.20. The number of hydrogen-bond donors (Lipinski definition) is 2. The van der Waals surface area contributed by atoms with Gasteiger partial charge in [-0.15, -0.1) is 0 Å². The molecule has 2 atom stereocenters. The van der Waals surface area contributed by atoms with E-state index in [1.807, 2.05) is 11.6 Å². The van der Waals surface area contributed by atoms with E-state index in [1.54, 1.807) is 6.20 Å². The SMILES string of the molecule is CCn1ncc(Cl)c1C(CC1CCOC1)NN. The number of hydrazine groups is 1. The van der Waals surface area contributed by atoms with E-state index in [1.165, 1.54) is 0 Å². The molecule has 2 unspecified atom stereocenters. The summed E-state index contributed by atoms with van der Waals surface area (Å²) in [6.07, 6.45) is 3.70. The summed E-state index contributed by atoms with van der Waals surface area (Å²) in [7, 11) is 0. The smallest absolute Gasteiger partial charge is 0.0834 e. The molecule has 0 amide bonds. The van der Waals surface area contributed by atoms with Crippen molar-refractivity contribution in [3.8, 4) is 0 Å². The summed E-state index contributed by atoms with van der Waals surface area (Å²) in [5.41, 5.74) is 3.82. The number of aryl methyl sites for hydroxylation is 1. The fourth-order valence-corrected chi connectivity index (χ4v) is 2.60. The van der Waals surface area contributed by atoms with Crippen molar-refractivity contribution in [2.75, 3.05) is 13.2 Å². The normalized spacial score (nSPS) is 21.9. The van der Waals surface area contributed by atoms with Gasteiger partial charge in [-0.05, 0) is 25.7 Å². The summed E-state index contributed by atoms with van der Waals surface area (Å²) in [6, 6.07) is 0.0386. The summed E-state index contributed by atoms with van der Waals surface area (Å²) in [5.74, 6) is 6.19. The maximum absolute atomic E-state index is 6.17. The van der Waals surface area contributed by atoms with E-state index in [-0.39, 0.29) is 6.04 Å². The third-order valence-corrected chi connectivity index (χ3v) is 3.55. The first-order valence-electron chi connectivity index (χ1n) is 6.01. The molecule has 1 fully saturated rings. The lowest BCUT2D eigenvalue weighted by molar-refractivity contribution is 0.181. The first-order chi connectivity index (χ1) is 8.26. The number of aromatic nitrogens is 2. The van der Waals surface area contributed by atoms with Crippen molar-refractivity contribution in [3.63, 3.8) is 0 Å². The van der Waals surface area contributed by atoms with Crippen LogP contribution >= 0.6 is 11.6 Å². The molecule has 3 N–H and O–H groups in total. The molecule has 0 saturated carbocycles. The zero-order chi connectivity index (χ0) is 12.3. The molecule has 0 spiro atoms. The van der Waals surface area contributed by atoms with Crippen LogP contribution < -0.4 is 11.3 Å². The summed E-state index contributed by atoms with van der Waals surface area (Å²) >= 11 is 6.17. The molecule has 17 heavy (non-hydrogen) atoms. The second-order valence-electron chi connectivity index (χ2n) is 4.38. The third-order valence-electron chi connectivity index (χ3n) is 3.26. The Kier molecular flexibility index (Phi) is 4.39. The van der Waals surface area contributed by atoms with Crippen LogP contribution in [0.15, 0.2) is 6.20 Å². The van der Waals surface area contributed by atoms with E-state index in [9.17, 15) is 0 Å². The predicted molar refractivity (Wildman–Crippen MR) is 66.5 cm³/mol. The zero-order valence-electron chi connectivity index (χ0n) is 10.0. The highest BCUT2D eigenvalue weighted by Gasteiger charge is 2.25. The highest BCUT2D eigenvalue weighted by Crippen LogP contribution is 2.30. The van der Waals surface area contributed by atoms with E-state index in [2.05, 4.69) is 10.5 Å². The third kappa shape index (κ3) is 2.80. The van der Waals surface area contributed by atoms with E-state index in [0.717, 1.165) is 38.3 Å². The molecule has 1 aliphatic rings. The number of nitrogens with zero attached hydrogens (tertiary/aromatic N) is 2. The fraction of sp³-hybridized carbons (Fsp3) is 0.727. The van der Waals surface area contributed by atoms with E-state index < -0.39 is 0 Å². The van der Waals surface area contributed by atoms with Gasteiger partial charge in [-0.25, -0.2) is 0 Å². The average Bonchev–Trinajstić information content (AvgIpc) is 2.95. The Balaban J connectivity index is 2.12. The van der Waals surface area contributed by atoms with Crippen LogP contribution in [0.25, 0.3) is 0 Å². The van der Waals surface area contributed by atoms with Crippen LogP contribution in [0.5, 0.6) is 0 Å². The minimum Gasteiger partial charge on any atom is -0.381 e. The number of ether oxygens (including phenoxy) is 1. The van der Waals surface area contributed by atoms with Crippen molar-refractivity contribution in [1.82, 2.24) is 15.2 Å². The zero-order valence-corrected chi connectivity index (χ0v) is 10.8. The van der Waals surface area contributed by atoms with E-state index in [4.69, 9.17) is 22.2 Å². The maximum Gasteiger partial charge on any atom is 0.0834 e. The molecule has 2 heterocycles. The molecule has 0 bridgehead atoms. The fourth-order valence-electron chi connectivity index (χ4n) is 2.33. The first-order valence-corrected chi connectivity index (χ1v) is 6.39. The topological polar surface area (TPSA) is 65.1 Å². The number of halogens is 1. The van der Waals surface area contributed by atoms with Crippen LogP contribution in [0.2, 0.25) is 5.02 Å². The van der Waals surface area contributed by atoms with Gasteiger partial charge in [0.15, 0.2) is 0 Å². The van der Waals surface area contributed by atoms with Crippen molar-refractivity contribution >= 4 is 11.6 Å². The van der Waals surface area contributed by atoms with Crippen molar-refractivity contribution < 1.29 is 4.74 Å². The lowest BCUT2D eigenvalue weighted by Crippen LogP contribution is -2.31. The summed E-state index contributed by atoms with van der Waals surface area (Å²) < 4.78 is 7.27. The number of nitrogens with two attached hydrogens (primary N) is 1. The Morgan fingerprint density at radius 1 is 1.76 bits per heavy atom. The molecule has 96 valence electrons. The molecular formula is C11H19ClN4O. The van der Waals surface area contributed by atoms with Crippen LogP contribution in [-0.2, 0) is 11.3 Å². The average molecular weight is 259 g/mol. The van der Waals surface area contributed by atoms with Crippen LogP contribution in [-0.4, -0.2) is 23.0 Å². The van der Waals surface area contributed by atoms with Crippen LogP contribution in [0.1, 0.15) is 31.5 Å². The van der Waals surface area contributed by atoms with Crippen molar-refractivity contribution in [3.05, 3.63) is 16.9 Å². The number of rotatable bonds is 5. The first kappa shape index (κ1) is 12.8. The molecule has 2 rings (SSSR count). The van der Waals surface area contributed by atoms with Gasteiger partial charge in [0.1, 0.15) is 0 Å². The molecule has 5 nitrogen and oxygen atoms in total. The summed E-state index contributed by atoms with van der Waals surface area (Å²) in [5, 5.41) is 4.91. The van der Waals surface area contributed by atoms with Crippen LogP contribution in [0.3, 0.4) is 0 Å². The molecule has 0 aliphatic carbocycles. The second kappa shape index (κ2) is 5.82. The number of nitrogens with one attached hydrogen (secondary N) is 1. The van der Waals surface area contributed by atoms with Crippen LogP contribution in [0.4, 0.5) is 0 Å².